The van der Waals surface area contributed by atoms with Crippen LogP contribution in [-0.2, 0) is 0 Å². The first-order chi connectivity index (χ1) is 8.70. The molecule has 2 aromatic carbocycles. The molecule has 0 saturated heterocycles. The number of hydrogen-bond donors (Lipinski definition) is 1. The van der Waals surface area contributed by atoms with E-state index in [1.54, 1.807) is 23.9 Å². The fourth-order valence-electron chi connectivity index (χ4n) is 1.75. The Kier molecular flexibility index (Phi) is 4.70. The molecule has 0 spiro atoms. The third-order valence-electron chi connectivity index (χ3n) is 2.69. The molecule has 0 fully saturated rings. The Morgan fingerprint density at radius 3 is 2.00 bits per heavy atom. The van der Waals surface area contributed by atoms with E-state index in [9.17, 15) is 5.11 Å². The number of aliphatic hydroxyl groups excluding tert-OH is 1. The molecule has 2 aromatic rings. The van der Waals surface area contributed by atoms with Crippen molar-refractivity contribution < 1.29 is 5.11 Å². The third kappa shape index (κ3) is 3.29. The summed E-state index contributed by atoms with van der Waals surface area (Å²) in [4.78, 5) is 1.23. The smallest absolute Gasteiger partial charge is 0.104 e. The van der Waals surface area contributed by atoms with Gasteiger partial charge < -0.3 is 5.11 Å². The van der Waals surface area contributed by atoms with E-state index in [1.165, 1.54) is 4.90 Å². The van der Waals surface area contributed by atoms with Crippen LogP contribution in [0.15, 0.2) is 53.4 Å². The van der Waals surface area contributed by atoms with Gasteiger partial charge in [0, 0.05) is 9.92 Å². The number of thioether (sulfide) groups is 1. The van der Waals surface area contributed by atoms with Gasteiger partial charge in [0.1, 0.15) is 6.10 Å². The van der Waals surface area contributed by atoms with Crippen molar-refractivity contribution in [2.75, 3.05) is 5.75 Å². The van der Waals surface area contributed by atoms with Crippen molar-refractivity contribution in [1.29, 1.82) is 0 Å². The molecule has 0 saturated carbocycles. The van der Waals surface area contributed by atoms with E-state index < -0.39 is 6.10 Å². The van der Waals surface area contributed by atoms with Gasteiger partial charge in [-0.25, -0.2) is 0 Å². The van der Waals surface area contributed by atoms with Crippen LogP contribution in [0.1, 0.15) is 24.2 Å². The lowest BCUT2D eigenvalue weighted by molar-refractivity contribution is 0.220. The Hall–Kier alpha value is -0.960. The maximum absolute atomic E-state index is 10.3. The van der Waals surface area contributed by atoms with Crippen LogP contribution in [0, 0.1) is 0 Å². The van der Waals surface area contributed by atoms with Crippen molar-refractivity contribution in [3.63, 3.8) is 0 Å². The molecule has 0 aromatic heterocycles. The first-order valence-corrected chi connectivity index (χ1v) is 7.23. The van der Waals surface area contributed by atoms with E-state index in [0.29, 0.717) is 5.02 Å². The predicted molar refractivity (Wildman–Crippen MR) is 78.4 cm³/mol. The van der Waals surface area contributed by atoms with Crippen LogP contribution >= 0.6 is 23.4 Å². The average molecular weight is 279 g/mol. The molecular formula is C15H15ClOS. The third-order valence-corrected chi connectivity index (χ3v) is 3.84. The van der Waals surface area contributed by atoms with E-state index in [-0.39, 0.29) is 0 Å². The highest BCUT2D eigenvalue weighted by atomic mass is 35.5. The molecule has 2 rings (SSSR count). The highest BCUT2D eigenvalue weighted by Gasteiger charge is 2.09. The van der Waals surface area contributed by atoms with Crippen molar-refractivity contribution in [3.05, 3.63) is 64.7 Å². The van der Waals surface area contributed by atoms with Gasteiger partial charge in [-0.1, -0.05) is 42.8 Å². The first-order valence-electron chi connectivity index (χ1n) is 5.87. The zero-order valence-electron chi connectivity index (χ0n) is 10.1. The molecule has 0 heterocycles. The predicted octanol–water partition coefficient (Wildman–Crippen LogP) is 4.53. The van der Waals surface area contributed by atoms with E-state index in [0.717, 1.165) is 16.9 Å². The quantitative estimate of drug-likeness (QED) is 0.829. The molecule has 0 radical (unpaired) electrons. The lowest BCUT2D eigenvalue weighted by atomic mass is 10.0. The van der Waals surface area contributed by atoms with Gasteiger partial charge in [0.25, 0.3) is 0 Å². The van der Waals surface area contributed by atoms with Crippen molar-refractivity contribution >= 4 is 23.4 Å². The molecule has 0 aliphatic carbocycles. The Labute approximate surface area is 117 Å². The average Bonchev–Trinajstić information content (AvgIpc) is 2.40. The second kappa shape index (κ2) is 6.28. The maximum Gasteiger partial charge on any atom is 0.104 e. The molecule has 1 atom stereocenters. The van der Waals surface area contributed by atoms with Crippen LogP contribution in [0.2, 0.25) is 5.02 Å². The van der Waals surface area contributed by atoms with Gasteiger partial charge in [-0.15, -0.1) is 11.8 Å². The highest BCUT2D eigenvalue weighted by Crippen LogP contribution is 2.25. The van der Waals surface area contributed by atoms with Gasteiger partial charge in [0.2, 0.25) is 0 Å². The van der Waals surface area contributed by atoms with Gasteiger partial charge in [0.15, 0.2) is 0 Å². The van der Waals surface area contributed by atoms with Crippen molar-refractivity contribution in [2.45, 2.75) is 17.9 Å². The molecule has 1 nitrogen and oxygen atoms in total. The summed E-state index contributed by atoms with van der Waals surface area (Å²) in [6.45, 7) is 2.13. The van der Waals surface area contributed by atoms with Gasteiger partial charge in [-0.05, 0) is 41.1 Å². The van der Waals surface area contributed by atoms with Crippen molar-refractivity contribution in [2.24, 2.45) is 0 Å². The van der Waals surface area contributed by atoms with Crippen molar-refractivity contribution in [3.8, 4) is 0 Å². The zero-order chi connectivity index (χ0) is 13.0. The summed E-state index contributed by atoms with van der Waals surface area (Å²) in [6.07, 6.45) is -0.594. The monoisotopic (exact) mass is 278 g/mol. The Morgan fingerprint density at radius 1 is 1.00 bits per heavy atom. The number of benzene rings is 2. The summed E-state index contributed by atoms with van der Waals surface area (Å²) < 4.78 is 0. The molecule has 0 bridgehead atoms. The van der Waals surface area contributed by atoms with E-state index in [4.69, 9.17) is 11.6 Å². The van der Waals surface area contributed by atoms with E-state index in [2.05, 4.69) is 6.92 Å². The van der Waals surface area contributed by atoms with Gasteiger partial charge in [0.05, 0.1) is 0 Å². The fourth-order valence-corrected chi connectivity index (χ4v) is 2.54. The molecule has 0 aliphatic rings. The first kappa shape index (κ1) is 13.5. The SMILES string of the molecule is CCSc1ccc(C(O)c2ccc(Cl)cc2)cc1. The number of hydrogen-bond acceptors (Lipinski definition) is 2. The number of rotatable bonds is 4. The molecule has 1 unspecified atom stereocenters. The molecule has 3 heteroatoms. The van der Waals surface area contributed by atoms with Gasteiger partial charge in [-0.3, -0.25) is 0 Å². The standard InChI is InChI=1S/C15H15ClOS/c1-2-18-14-9-5-12(6-10-14)15(17)11-3-7-13(16)8-4-11/h3-10,15,17H,2H2,1H3. The van der Waals surface area contributed by atoms with Crippen LogP contribution in [0.5, 0.6) is 0 Å². The van der Waals surface area contributed by atoms with Gasteiger partial charge in [-0.2, -0.15) is 0 Å². The topological polar surface area (TPSA) is 20.2 Å². The minimum atomic E-state index is -0.594. The number of aliphatic hydroxyl groups is 1. The Balaban J connectivity index is 2.17. The molecule has 0 aliphatic heterocycles. The Bertz CT molecular complexity index is 493. The van der Waals surface area contributed by atoms with Crippen LogP contribution in [0.4, 0.5) is 0 Å². The summed E-state index contributed by atoms with van der Waals surface area (Å²) >= 11 is 7.63. The second-order valence-electron chi connectivity index (χ2n) is 3.96. The highest BCUT2D eigenvalue weighted by molar-refractivity contribution is 7.99. The molecule has 18 heavy (non-hydrogen) atoms. The van der Waals surface area contributed by atoms with Crippen molar-refractivity contribution in [1.82, 2.24) is 0 Å². The number of halogens is 1. The van der Waals surface area contributed by atoms with Crippen LogP contribution in [0.3, 0.4) is 0 Å². The molecular weight excluding hydrogens is 264 g/mol. The summed E-state index contributed by atoms with van der Waals surface area (Å²) in [7, 11) is 0. The van der Waals surface area contributed by atoms with Crippen LogP contribution in [0.25, 0.3) is 0 Å². The maximum atomic E-state index is 10.3. The van der Waals surface area contributed by atoms with Crippen LogP contribution in [-0.4, -0.2) is 10.9 Å². The lowest BCUT2D eigenvalue weighted by Gasteiger charge is -2.12. The molecule has 0 amide bonds. The summed E-state index contributed by atoms with van der Waals surface area (Å²) in [5, 5.41) is 10.9. The van der Waals surface area contributed by atoms with E-state index in [1.807, 2.05) is 36.4 Å². The minimum absolute atomic E-state index is 0.594. The summed E-state index contributed by atoms with van der Waals surface area (Å²) in [6, 6.07) is 15.3. The normalized spacial score (nSPS) is 12.4. The molecule has 94 valence electrons. The van der Waals surface area contributed by atoms with Crippen LogP contribution < -0.4 is 0 Å². The second-order valence-corrected chi connectivity index (χ2v) is 5.73. The summed E-state index contributed by atoms with van der Waals surface area (Å²) in [5.41, 5.74) is 1.76. The van der Waals surface area contributed by atoms with E-state index >= 15 is 0 Å². The van der Waals surface area contributed by atoms with Gasteiger partial charge >= 0.3 is 0 Å². The minimum Gasteiger partial charge on any atom is -0.384 e. The molecule has 1 N–H and O–H groups in total. The summed E-state index contributed by atoms with van der Waals surface area (Å²) in [5.74, 6) is 1.05. The lowest BCUT2D eigenvalue weighted by Crippen LogP contribution is -1.98. The fraction of sp³-hybridized carbons (Fsp3) is 0.200. The Morgan fingerprint density at radius 2 is 1.50 bits per heavy atom. The largest absolute Gasteiger partial charge is 0.384 e. The zero-order valence-corrected chi connectivity index (χ0v) is 11.7.